The van der Waals surface area contributed by atoms with Gasteiger partial charge in [0.25, 0.3) is 5.91 Å². The van der Waals surface area contributed by atoms with Gasteiger partial charge in [0.1, 0.15) is 17.3 Å². The van der Waals surface area contributed by atoms with Crippen LogP contribution >= 0.6 is 0 Å². The van der Waals surface area contributed by atoms with Gasteiger partial charge in [0.2, 0.25) is 10.0 Å². The number of carbonyl (C=O) groups excluding carboxylic acids is 1. The number of amides is 1. The first-order chi connectivity index (χ1) is 14.3. The first-order valence-electron chi connectivity index (χ1n) is 9.00. The third kappa shape index (κ3) is 4.81. The number of sulfonamides is 1. The van der Waals surface area contributed by atoms with Crippen molar-refractivity contribution in [2.45, 2.75) is 18.4 Å². The van der Waals surface area contributed by atoms with E-state index >= 15 is 0 Å². The topological polar surface area (TPSA) is 107 Å². The Balaban J connectivity index is 1.79. The van der Waals surface area contributed by atoms with Crippen molar-refractivity contribution >= 4 is 21.6 Å². The Bertz CT molecular complexity index is 1120. The number of anilines is 1. The van der Waals surface area contributed by atoms with Crippen LogP contribution in [-0.4, -0.2) is 28.5 Å². The van der Waals surface area contributed by atoms with Crippen LogP contribution in [0.15, 0.2) is 64.1 Å². The van der Waals surface area contributed by atoms with Crippen LogP contribution in [0, 0.1) is 6.92 Å². The van der Waals surface area contributed by atoms with Crippen LogP contribution in [0.3, 0.4) is 0 Å². The molecule has 158 valence electrons. The molecular weight excluding hydrogens is 408 g/mol. The molecule has 0 radical (unpaired) electrons. The maximum absolute atomic E-state index is 12.7. The highest BCUT2D eigenvalue weighted by molar-refractivity contribution is 7.89. The smallest absolute Gasteiger partial charge is 0.255 e. The molecule has 0 aliphatic rings. The van der Waals surface area contributed by atoms with Gasteiger partial charge < -0.3 is 19.2 Å². The van der Waals surface area contributed by atoms with Crippen LogP contribution in [-0.2, 0) is 16.6 Å². The molecule has 2 aromatic carbocycles. The van der Waals surface area contributed by atoms with Crippen molar-refractivity contribution in [3.8, 4) is 11.5 Å². The van der Waals surface area contributed by atoms with Crippen molar-refractivity contribution in [3.63, 3.8) is 0 Å². The molecule has 1 amide bonds. The molecule has 0 saturated carbocycles. The summed E-state index contributed by atoms with van der Waals surface area (Å²) >= 11 is 0. The van der Waals surface area contributed by atoms with E-state index in [2.05, 4.69) is 10.0 Å². The van der Waals surface area contributed by atoms with Gasteiger partial charge in [0, 0.05) is 16.8 Å². The Kier molecular flexibility index (Phi) is 6.43. The predicted molar refractivity (Wildman–Crippen MR) is 111 cm³/mol. The number of ether oxygens (including phenoxy) is 2. The first-order valence-corrected chi connectivity index (χ1v) is 10.5. The van der Waals surface area contributed by atoms with Crippen LogP contribution in [0.5, 0.6) is 11.5 Å². The summed E-state index contributed by atoms with van der Waals surface area (Å²) in [6.07, 6.45) is 1.47. The van der Waals surface area contributed by atoms with E-state index in [1.165, 1.54) is 32.6 Å². The molecule has 30 heavy (non-hydrogen) atoms. The van der Waals surface area contributed by atoms with E-state index in [1.807, 2.05) is 6.92 Å². The molecule has 0 spiro atoms. The molecule has 0 unspecified atom stereocenters. The second kappa shape index (κ2) is 9.02. The van der Waals surface area contributed by atoms with Gasteiger partial charge in [-0.3, -0.25) is 4.79 Å². The number of carbonyl (C=O) groups is 1. The van der Waals surface area contributed by atoms with Crippen molar-refractivity contribution in [2.24, 2.45) is 0 Å². The summed E-state index contributed by atoms with van der Waals surface area (Å²) in [6, 6.07) is 12.5. The van der Waals surface area contributed by atoms with Crippen molar-refractivity contribution in [3.05, 3.63) is 71.7 Å². The summed E-state index contributed by atoms with van der Waals surface area (Å²) < 4.78 is 43.3. The Morgan fingerprint density at radius 3 is 2.33 bits per heavy atom. The average Bonchev–Trinajstić information content (AvgIpc) is 3.26. The monoisotopic (exact) mass is 430 g/mol. The van der Waals surface area contributed by atoms with Gasteiger partial charge in [0.15, 0.2) is 0 Å². The molecule has 0 bridgehead atoms. The van der Waals surface area contributed by atoms with Gasteiger partial charge in [0.05, 0.1) is 31.9 Å². The third-order valence-electron chi connectivity index (χ3n) is 4.43. The molecule has 2 N–H and O–H groups in total. The minimum Gasteiger partial charge on any atom is -0.496 e. The summed E-state index contributed by atoms with van der Waals surface area (Å²) in [6.45, 7) is 1.85. The number of hydrogen-bond donors (Lipinski definition) is 2. The Hall–Kier alpha value is -3.30. The fourth-order valence-corrected chi connectivity index (χ4v) is 3.86. The molecule has 8 nitrogen and oxygen atoms in total. The fraction of sp³-hybridized carbons (Fsp3) is 0.190. The second-order valence-electron chi connectivity index (χ2n) is 6.39. The van der Waals surface area contributed by atoms with Gasteiger partial charge in [-0.1, -0.05) is 6.07 Å². The number of benzene rings is 2. The van der Waals surface area contributed by atoms with Gasteiger partial charge in [-0.2, -0.15) is 0 Å². The van der Waals surface area contributed by atoms with E-state index in [-0.39, 0.29) is 11.4 Å². The zero-order chi connectivity index (χ0) is 21.7. The maximum atomic E-state index is 12.7. The first kappa shape index (κ1) is 21.4. The molecule has 0 aliphatic carbocycles. The van der Waals surface area contributed by atoms with E-state index in [4.69, 9.17) is 13.9 Å². The second-order valence-corrected chi connectivity index (χ2v) is 8.16. The highest BCUT2D eigenvalue weighted by atomic mass is 32.2. The number of hydrogen-bond acceptors (Lipinski definition) is 6. The van der Waals surface area contributed by atoms with Crippen molar-refractivity contribution in [1.82, 2.24) is 4.72 Å². The number of nitrogens with one attached hydrogen (secondary N) is 2. The standard InChI is InChI=1S/C21H22N2O6S/c1-14-19(27-2)10-15(11-20(14)28-3)21(24)23-16-6-4-8-18(12-16)30(25,26)22-13-17-7-5-9-29-17/h4-12,22H,13H2,1-3H3,(H,23,24). The zero-order valence-corrected chi connectivity index (χ0v) is 17.6. The maximum Gasteiger partial charge on any atom is 0.255 e. The number of furan rings is 1. The lowest BCUT2D eigenvalue weighted by molar-refractivity contribution is 0.102. The van der Waals surface area contributed by atoms with Crippen LogP contribution in [0.1, 0.15) is 21.7 Å². The zero-order valence-electron chi connectivity index (χ0n) is 16.8. The minimum absolute atomic E-state index is 0.0194. The Morgan fingerprint density at radius 2 is 1.73 bits per heavy atom. The van der Waals surface area contributed by atoms with Crippen molar-refractivity contribution < 1.29 is 27.1 Å². The van der Waals surface area contributed by atoms with Crippen LogP contribution < -0.4 is 19.5 Å². The molecule has 0 fully saturated rings. The minimum atomic E-state index is -3.79. The van der Waals surface area contributed by atoms with Gasteiger partial charge in [-0.05, 0) is 49.4 Å². The van der Waals surface area contributed by atoms with Crippen molar-refractivity contribution in [1.29, 1.82) is 0 Å². The molecule has 9 heteroatoms. The van der Waals surface area contributed by atoms with Crippen LogP contribution in [0.25, 0.3) is 0 Å². The largest absolute Gasteiger partial charge is 0.496 e. The van der Waals surface area contributed by atoms with Gasteiger partial charge >= 0.3 is 0 Å². The summed E-state index contributed by atoms with van der Waals surface area (Å²) in [4.78, 5) is 12.7. The van der Waals surface area contributed by atoms with Gasteiger partial charge in [-0.25, -0.2) is 13.1 Å². The lowest BCUT2D eigenvalue weighted by Crippen LogP contribution is -2.23. The highest BCUT2D eigenvalue weighted by Crippen LogP contribution is 2.30. The molecule has 0 atom stereocenters. The van der Waals surface area contributed by atoms with E-state index in [0.29, 0.717) is 28.5 Å². The lowest BCUT2D eigenvalue weighted by Gasteiger charge is -2.13. The molecule has 0 aliphatic heterocycles. The van der Waals surface area contributed by atoms with E-state index < -0.39 is 15.9 Å². The fourth-order valence-electron chi connectivity index (χ4n) is 2.82. The molecule has 0 saturated heterocycles. The quantitative estimate of drug-likeness (QED) is 0.568. The number of methoxy groups -OCH3 is 2. The molecule has 1 aromatic heterocycles. The summed E-state index contributed by atoms with van der Waals surface area (Å²) in [5.41, 5.74) is 1.42. The summed E-state index contributed by atoms with van der Waals surface area (Å²) in [5, 5.41) is 2.70. The summed E-state index contributed by atoms with van der Waals surface area (Å²) in [5.74, 6) is 1.09. The predicted octanol–water partition coefficient (Wildman–Crippen LogP) is 3.34. The van der Waals surface area contributed by atoms with Gasteiger partial charge in [-0.15, -0.1) is 0 Å². The molecule has 1 heterocycles. The van der Waals surface area contributed by atoms with Crippen molar-refractivity contribution in [2.75, 3.05) is 19.5 Å². The molecule has 3 aromatic rings. The SMILES string of the molecule is COc1cc(C(=O)Nc2cccc(S(=O)(=O)NCc3ccco3)c2)cc(OC)c1C. The average molecular weight is 430 g/mol. The van der Waals surface area contributed by atoms with Crippen LogP contribution in [0.4, 0.5) is 5.69 Å². The Labute approximate surface area is 174 Å². The van der Waals surface area contributed by atoms with E-state index in [0.717, 1.165) is 5.56 Å². The van der Waals surface area contributed by atoms with E-state index in [9.17, 15) is 13.2 Å². The normalized spacial score (nSPS) is 11.2. The molecular formula is C21H22N2O6S. The lowest BCUT2D eigenvalue weighted by atomic mass is 10.1. The summed E-state index contributed by atoms with van der Waals surface area (Å²) in [7, 11) is -0.773. The molecule has 3 rings (SSSR count). The van der Waals surface area contributed by atoms with Crippen LogP contribution in [0.2, 0.25) is 0 Å². The number of rotatable bonds is 8. The van der Waals surface area contributed by atoms with E-state index in [1.54, 1.807) is 36.4 Å². The Morgan fingerprint density at radius 1 is 1.03 bits per heavy atom. The highest BCUT2D eigenvalue weighted by Gasteiger charge is 2.17. The third-order valence-corrected chi connectivity index (χ3v) is 5.83.